The summed E-state index contributed by atoms with van der Waals surface area (Å²) in [5.41, 5.74) is 1.16. The quantitative estimate of drug-likeness (QED) is 0.406. The van der Waals surface area contributed by atoms with Gasteiger partial charge in [0.2, 0.25) is 10.0 Å². The van der Waals surface area contributed by atoms with Gasteiger partial charge in [-0.25, -0.2) is 13.4 Å². The monoisotopic (exact) mass is 530 g/mol. The third kappa shape index (κ3) is 5.88. The molecule has 1 aliphatic heterocycles. The van der Waals surface area contributed by atoms with Gasteiger partial charge in [0.05, 0.1) is 16.2 Å². The Morgan fingerprint density at radius 3 is 2.36 bits per heavy atom. The number of carbonyl (C=O) groups excluding carboxylic acids is 1. The molecule has 1 fully saturated rings. The van der Waals surface area contributed by atoms with Crippen LogP contribution in [0.5, 0.6) is 5.75 Å². The lowest BCUT2D eigenvalue weighted by Gasteiger charge is -2.22. The Bertz CT molecular complexity index is 1280. The van der Waals surface area contributed by atoms with Crippen LogP contribution in [0.15, 0.2) is 47.4 Å². The van der Waals surface area contributed by atoms with Gasteiger partial charge in [0.1, 0.15) is 11.3 Å². The average Bonchev–Trinajstić information content (AvgIpc) is 3.10. The SMILES string of the molecule is CCOc1cccc2sc(N(CCN(C)C)C(=O)c3ccc(S(=O)(=O)N4CCCCCC4)cc3)nc12. The number of carbonyl (C=O) groups is 1. The highest BCUT2D eigenvalue weighted by atomic mass is 32.2. The number of nitrogens with zero attached hydrogens (tertiary/aromatic N) is 4. The molecule has 0 aliphatic carbocycles. The number of benzene rings is 2. The van der Waals surface area contributed by atoms with Gasteiger partial charge in [-0.1, -0.05) is 30.2 Å². The molecule has 1 amide bonds. The molecule has 1 saturated heterocycles. The molecule has 0 saturated carbocycles. The lowest BCUT2D eigenvalue weighted by molar-refractivity contribution is 0.0985. The van der Waals surface area contributed by atoms with Crippen molar-refractivity contribution in [3.8, 4) is 5.75 Å². The van der Waals surface area contributed by atoms with Crippen LogP contribution in [-0.2, 0) is 10.0 Å². The van der Waals surface area contributed by atoms with Crippen LogP contribution >= 0.6 is 11.3 Å². The number of rotatable bonds is 9. The fourth-order valence-corrected chi connectivity index (χ4v) is 6.76. The van der Waals surface area contributed by atoms with Crippen molar-refractivity contribution in [2.75, 3.05) is 51.8 Å². The number of amides is 1. The summed E-state index contributed by atoms with van der Waals surface area (Å²) in [6.07, 6.45) is 3.87. The second-order valence-corrected chi connectivity index (χ2v) is 12.1. The van der Waals surface area contributed by atoms with Crippen LogP contribution in [0.2, 0.25) is 0 Å². The Hall–Kier alpha value is -2.53. The molecule has 10 heteroatoms. The maximum Gasteiger partial charge on any atom is 0.260 e. The minimum Gasteiger partial charge on any atom is -0.492 e. The summed E-state index contributed by atoms with van der Waals surface area (Å²) in [5, 5.41) is 0.588. The molecule has 0 unspecified atom stereocenters. The number of para-hydroxylation sites is 1. The predicted molar refractivity (Wildman–Crippen MR) is 145 cm³/mol. The summed E-state index contributed by atoms with van der Waals surface area (Å²) in [6, 6.07) is 12.1. The number of aromatic nitrogens is 1. The Balaban J connectivity index is 1.62. The van der Waals surface area contributed by atoms with Crippen molar-refractivity contribution in [2.45, 2.75) is 37.5 Å². The molecule has 1 aliphatic rings. The maximum absolute atomic E-state index is 13.6. The van der Waals surface area contributed by atoms with Gasteiger partial charge < -0.3 is 9.64 Å². The minimum atomic E-state index is -3.57. The van der Waals surface area contributed by atoms with Crippen molar-refractivity contribution in [1.29, 1.82) is 0 Å². The summed E-state index contributed by atoms with van der Waals surface area (Å²) in [6.45, 7) is 4.65. The molecule has 194 valence electrons. The molecule has 36 heavy (non-hydrogen) atoms. The smallest absolute Gasteiger partial charge is 0.260 e. The number of anilines is 1. The molecule has 4 rings (SSSR count). The summed E-state index contributed by atoms with van der Waals surface area (Å²) >= 11 is 1.44. The van der Waals surface area contributed by atoms with Gasteiger partial charge in [-0.2, -0.15) is 4.31 Å². The summed E-state index contributed by atoms with van der Waals surface area (Å²) in [5.74, 6) is 0.480. The van der Waals surface area contributed by atoms with E-state index >= 15 is 0 Å². The van der Waals surface area contributed by atoms with E-state index in [1.165, 1.54) is 11.3 Å². The van der Waals surface area contributed by atoms with Gasteiger partial charge in [0, 0.05) is 31.7 Å². The van der Waals surface area contributed by atoms with Crippen LogP contribution in [0.25, 0.3) is 10.2 Å². The van der Waals surface area contributed by atoms with Crippen LogP contribution in [0.3, 0.4) is 0 Å². The van der Waals surface area contributed by atoms with Crippen molar-refractivity contribution in [1.82, 2.24) is 14.2 Å². The number of thiazole rings is 1. The predicted octanol–water partition coefficient (Wildman–Crippen LogP) is 4.47. The number of fused-ring (bicyclic) bond motifs is 1. The lowest BCUT2D eigenvalue weighted by atomic mass is 10.2. The number of hydrogen-bond acceptors (Lipinski definition) is 7. The number of hydrogen-bond donors (Lipinski definition) is 0. The molecule has 0 atom stereocenters. The molecule has 1 aromatic heterocycles. The van der Waals surface area contributed by atoms with E-state index in [9.17, 15) is 13.2 Å². The van der Waals surface area contributed by atoms with E-state index in [1.54, 1.807) is 33.5 Å². The Labute approximate surface area is 217 Å². The average molecular weight is 531 g/mol. The Kier molecular flexibility index (Phi) is 8.61. The molecular formula is C26H34N4O4S2. The zero-order chi connectivity index (χ0) is 25.7. The number of likely N-dealkylation sites (N-methyl/N-ethyl adjacent to an activating group) is 1. The van der Waals surface area contributed by atoms with Gasteiger partial charge in [-0.3, -0.25) is 9.69 Å². The Morgan fingerprint density at radius 2 is 1.72 bits per heavy atom. The van der Waals surface area contributed by atoms with Crippen molar-refractivity contribution in [3.05, 3.63) is 48.0 Å². The topological polar surface area (TPSA) is 83.0 Å². The van der Waals surface area contributed by atoms with Crippen molar-refractivity contribution in [3.63, 3.8) is 0 Å². The van der Waals surface area contributed by atoms with E-state index in [0.717, 1.165) is 35.9 Å². The normalized spacial score (nSPS) is 15.2. The highest BCUT2D eigenvalue weighted by Crippen LogP contribution is 2.35. The second kappa shape index (κ2) is 11.7. The first kappa shape index (κ1) is 26.5. The zero-order valence-electron chi connectivity index (χ0n) is 21.1. The van der Waals surface area contributed by atoms with E-state index in [1.807, 2.05) is 44.1 Å². The van der Waals surface area contributed by atoms with Gasteiger partial charge >= 0.3 is 0 Å². The van der Waals surface area contributed by atoms with Crippen molar-refractivity contribution < 1.29 is 17.9 Å². The van der Waals surface area contributed by atoms with Crippen LogP contribution in [0.1, 0.15) is 43.0 Å². The highest BCUT2D eigenvalue weighted by molar-refractivity contribution is 7.89. The number of sulfonamides is 1. The van der Waals surface area contributed by atoms with Gasteiger partial charge in [0.25, 0.3) is 5.91 Å². The van der Waals surface area contributed by atoms with E-state index in [2.05, 4.69) is 0 Å². The molecule has 0 radical (unpaired) electrons. The van der Waals surface area contributed by atoms with Crippen molar-refractivity contribution in [2.24, 2.45) is 0 Å². The largest absolute Gasteiger partial charge is 0.492 e. The summed E-state index contributed by atoms with van der Waals surface area (Å²) in [7, 11) is 0.338. The second-order valence-electron chi connectivity index (χ2n) is 9.14. The lowest BCUT2D eigenvalue weighted by Crippen LogP contribution is -2.36. The number of ether oxygens (including phenoxy) is 1. The molecule has 0 bridgehead atoms. The zero-order valence-corrected chi connectivity index (χ0v) is 22.8. The Morgan fingerprint density at radius 1 is 1.03 bits per heavy atom. The molecule has 0 N–H and O–H groups in total. The highest BCUT2D eigenvalue weighted by Gasteiger charge is 2.27. The van der Waals surface area contributed by atoms with Crippen LogP contribution in [-0.4, -0.2) is 75.4 Å². The standard InChI is InChI=1S/C26H34N4O4S2/c1-4-34-22-10-9-11-23-24(22)27-26(35-23)30(19-18-28(2)3)25(31)20-12-14-21(15-13-20)36(32,33)29-16-7-5-6-8-17-29/h9-15H,4-8,16-19H2,1-3H3. The van der Waals surface area contributed by atoms with Gasteiger partial charge in [-0.15, -0.1) is 0 Å². The molecular weight excluding hydrogens is 496 g/mol. The first-order valence-electron chi connectivity index (χ1n) is 12.4. The van der Waals surface area contributed by atoms with E-state index < -0.39 is 10.0 Å². The maximum atomic E-state index is 13.6. The molecule has 2 heterocycles. The minimum absolute atomic E-state index is 0.215. The van der Waals surface area contributed by atoms with Gasteiger partial charge in [-0.05, 0) is 70.3 Å². The molecule has 0 spiro atoms. The van der Waals surface area contributed by atoms with Crippen LogP contribution < -0.4 is 9.64 Å². The first-order chi connectivity index (χ1) is 17.3. The fraction of sp³-hybridized carbons (Fsp3) is 0.462. The third-order valence-electron chi connectivity index (χ3n) is 6.22. The van der Waals surface area contributed by atoms with Crippen LogP contribution in [0, 0.1) is 0 Å². The molecule has 3 aromatic rings. The summed E-state index contributed by atoms with van der Waals surface area (Å²) < 4.78 is 34.5. The van der Waals surface area contributed by atoms with E-state index in [4.69, 9.17) is 9.72 Å². The summed E-state index contributed by atoms with van der Waals surface area (Å²) in [4.78, 5) is 22.3. The van der Waals surface area contributed by atoms with Crippen molar-refractivity contribution >= 4 is 42.6 Å². The van der Waals surface area contributed by atoms with E-state index in [-0.39, 0.29) is 10.8 Å². The molecule has 8 nitrogen and oxygen atoms in total. The van der Waals surface area contributed by atoms with Crippen LogP contribution in [0.4, 0.5) is 5.13 Å². The molecule has 2 aromatic carbocycles. The van der Waals surface area contributed by atoms with E-state index in [0.29, 0.717) is 49.2 Å². The van der Waals surface area contributed by atoms with Gasteiger partial charge in [0.15, 0.2) is 5.13 Å². The third-order valence-corrected chi connectivity index (χ3v) is 9.18. The fourth-order valence-electron chi connectivity index (χ4n) is 4.24. The first-order valence-corrected chi connectivity index (χ1v) is 14.7.